The minimum atomic E-state index is -4.73. The standard InChI is InChI=1S/C6H13O9P/c7-2-6(10)5(9)4(8)3(15-6)1-14-16(11,12)13/h3-5,7-10H,1-2H2,(H2,11,12,13)/t3-,4-,5+,6-/m0/s1. The minimum absolute atomic E-state index is 0.731. The molecule has 0 spiro atoms. The molecule has 1 saturated heterocycles. The van der Waals surface area contributed by atoms with Crippen LogP contribution in [0.15, 0.2) is 0 Å². The van der Waals surface area contributed by atoms with E-state index in [9.17, 15) is 19.9 Å². The van der Waals surface area contributed by atoms with Crippen LogP contribution in [0.1, 0.15) is 0 Å². The first-order valence-corrected chi connectivity index (χ1v) is 5.80. The van der Waals surface area contributed by atoms with Crippen LogP contribution in [-0.4, -0.2) is 67.5 Å². The Hall–Kier alpha value is -0.0900. The highest BCUT2D eigenvalue weighted by Gasteiger charge is 2.53. The van der Waals surface area contributed by atoms with Gasteiger partial charge < -0.3 is 34.9 Å². The Bertz CT molecular complexity index is 290. The van der Waals surface area contributed by atoms with E-state index >= 15 is 0 Å². The molecular weight excluding hydrogens is 247 g/mol. The maximum Gasteiger partial charge on any atom is 0.469 e. The highest BCUT2D eigenvalue weighted by atomic mass is 31.2. The lowest BCUT2D eigenvalue weighted by molar-refractivity contribution is -0.247. The average Bonchev–Trinajstić information content (AvgIpc) is 2.40. The third-order valence-corrected chi connectivity index (χ3v) is 2.64. The summed E-state index contributed by atoms with van der Waals surface area (Å²) >= 11 is 0. The van der Waals surface area contributed by atoms with E-state index in [1.165, 1.54) is 0 Å². The van der Waals surface area contributed by atoms with Gasteiger partial charge in [0.1, 0.15) is 18.3 Å². The van der Waals surface area contributed by atoms with Crippen LogP contribution in [0, 0.1) is 0 Å². The molecule has 16 heavy (non-hydrogen) atoms. The monoisotopic (exact) mass is 260 g/mol. The van der Waals surface area contributed by atoms with Crippen molar-refractivity contribution in [2.45, 2.75) is 24.1 Å². The molecule has 96 valence electrons. The molecule has 0 saturated carbocycles. The average molecular weight is 260 g/mol. The normalized spacial score (nSPS) is 40.2. The maximum atomic E-state index is 10.4. The SMILES string of the molecule is O=P(O)(O)OC[C@@H]1O[C@@](O)(CO)[C@H](O)[C@H]1O. The molecule has 0 radical (unpaired) electrons. The molecule has 0 bridgehead atoms. The van der Waals surface area contributed by atoms with Crippen molar-refractivity contribution in [1.82, 2.24) is 0 Å². The molecule has 0 unspecified atom stereocenters. The van der Waals surface area contributed by atoms with E-state index in [1.54, 1.807) is 0 Å². The van der Waals surface area contributed by atoms with E-state index in [0.29, 0.717) is 0 Å². The molecule has 6 N–H and O–H groups in total. The maximum absolute atomic E-state index is 10.4. The van der Waals surface area contributed by atoms with E-state index in [4.69, 9.17) is 14.9 Å². The van der Waals surface area contributed by atoms with Gasteiger partial charge in [-0.3, -0.25) is 4.52 Å². The smallest absolute Gasteiger partial charge is 0.391 e. The predicted molar refractivity (Wildman–Crippen MR) is 46.9 cm³/mol. The van der Waals surface area contributed by atoms with Crippen LogP contribution in [0.3, 0.4) is 0 Å². The zero-order chi connectivity index (χ0) is 12.6. The second-order valence-electron chi connectivity index (χ2n) is 3.38. The molecule has 1 aliphatic rings. The van der Waals surface area contributed by atoms with Gasteiger partial charge in [-0.2, -0.15) is 0 Å². The van der Waals surface area contributed by atoms with Gasteiger partial charge in [0.15, 0.2) is 0 Å². The van der Waals surface area contributed by atoms with Gasteiger partial charge in [-0.25, -0.2) is 4.57 Å². The fraction of sp³-hybridized carbons (Fsp3) is 1.00. The van der Waals surface area contributed by atoms with Crippen LogP contribution < -0.4 is 0 Å². The van der Waals surface area contributed by atoms with Crippen molar-refractivity contribution in [3.63, 3.8) is 0 Å². The first kappa shape index (κ1) is 14.0. The van der Waals surface area contributed by atoms with Crippen LogP contribution in [0.2, 0.25) is 0 Å². The van der Waals surface area contributed by atoms with Crippen molar-refractivity contribution in [3.05, 3.63) is 0 Å². The fourth-order valence-electron chi connectivity index (χ4n) is 1.31. The van der Waals surface area contributed by atoms with Crippen molar-refractivity contribution in [2.75, 3.05) is 13.2 Å². The van der Waals surface area contributed by atoms with Gasteiger partial charge in [0.2, 0.25) is 5.79 Å². The zero-order valence-electron chi connectivity index (χ0n) is 8.00. The van der Waals surface area contributed by atoms with E-state index in [-0.39, 0.29) is 0 Å². The molecule has 0 aromatic heterocycles. The van der Waals surface area contributed by atoms with Crippen molar-refractivity contribution in [2.24, 2.45) is 0 Å². The topological polar surface area (TPSA) is 157 Å². The van der Waals surface area contributed by atoms with Crippen LogP contribution in [0.4, 0.5) is 0 Å². The van der Waals surface area contributed by atoms with Crippen molar-refractivity contribution >= 4 is 7.82 Å². The van der Waals surface area contributed by atoms with Gasteiger partial charge in [-0.15, -0.1) is 0 Å². The summed E-state index contributed by atoms with van der Waals surface area (Å²) in [6.07, 6.45) is -4.76. The third-order valence-electron chi connectivity index (χ3n) is 2.16. The number of phosphoric ester groups is 1. The Morgan fingerprint density at radius 1 is 1.38 bits per heavy atom. The summed E-state index contributed by atoms with van der Waals surface area (Å²) < 4.78 is 19.1. The van der Waals surface area contributed by atoms with E-state index in [1.807, 2.05) is 0 Å². The van der Waals surface area contributed by atoms with Crippen LogP contribution in [0.5, 0.6) is 0 Å². The number of aliphatic hydroxyl groups is 4. The molecule has 1 fully saturated rings. The highest BCUT2D eigenvalue weighted by Crippen LogP contribution is 2.38. The van der Waals surface area contributed by atoms with Crippen molar-refractivity contribution in [3.8, 4) is 0 Å². The first-order chi connectivity index (χ1) is 7.19. The lowest BCUT2D eigenvalue weighted by atomic mass is 10.1. The van der Waals surface area contributed by atoms with Gasteiger partial charge in [0, 0.05) is 0 Å². The van der Waals surface area contributed by atoms with Crippen LogP contribution in [0.25, 0.3) is 0 Å². The number of hydrogen-bond donors (Lipinski definition) is 6. The van der Waals surface area contributed by atoms with Gasteiger partial charge in [0.25, 0.3) is 0 Å². The summed E-state index contributed by atoms with van der Waals surface area (Å²) in [7, 11) is -4.73. The predicted octanol–water partition coefficient (Wildman–Crippen LogP) is -3.10. The molecule has 10 heteroatoms. The number of ether oxygens (including phenoxy) is 1. The van der Waals surface area contributed by atoms with Crippen molar-refractivity contribution < 1.29 is 44.0 Å². The van der Waals surface area contributed by atoms with Crippen molar-refractivity contribution in [1.29, 1.82) is 0 Å². The Balaban J connectivity index is 2.61. The molecule has 1 heterocycles. The lowest BCUT2D eigenvalue weighted by Gasteiger charge is -2.22. The second kappa shape index (κ2) is 4.65. The molecule has 1 rings (SSSR count). The largest absolute Gasteiger partial charge is 0.469 e. The number of phosphoric acid groups is 1. The molecule has 0 aromatic carbocycles. The Kier molecular flexibility index (Phi) is 4.06. The lowest BCUT2D eigenvalue weighted by Crippen LogP contribution is -2.46. The molecule has 0 aliphatic carbocycles. The first-order valence-electron chi connectivity index (χ1n) is 4.27. The van der Waals surface area contributed by atoms with Gasteiger partial charge in [-0.1, -0.05) is 0 Å². The summed E-state index contributed by atoms with van der Waals surface area (Å²) in [5.74, 6) is -2.36. The van der Waals surface area contributed by atoms with E-state index in [0.717, 1.165) is 0 Å². The molecule has 1 aliphatic heterocycles. The van der Waals surface area contributed by atoms with Gasteiger partial charge >= 0.3 is 7.82 Å². The molecule has 0 amide bonds. The van der Waals surface area contributed by atoms with E-state index in [2.05, 4.69) is 9.26 Å². The second-order valence-corrected chi connectivity index (χ2v) is 4.62. The molecule has 0 aromatic rings. The third kappa shape index (κ3) is 2.98. The van der Waals surface area contributed by atoms with Gasteiger partial charge in [0.05, 0.1) is 13.2 Å². The molecule has 4 atom stereocenters. The van der Waals surface area contributed by atoms with Crippen LogP contribution in [-0.2, 0) is 13.8 Å². The molecular formula is C6H13O9P. The minimum Gasteiger partial charge on any atom is -0.391 e. The number of hydrogen-bond acceptors (Lipinski definition) is 7. The summed E-state index contributed by atoms with van der Waals surface area (Å²) in [5.41, 5.74) is 0. The summed E-state index contributed by atoms with van der Waals surface area (Å²) in [6.45, 7) is -1.71. The van der Waals surface area contributed by atoms with E-state index < -0.39 is 45.1 Å². The fourth-order valence-corrected chi connectivity index (χ4v) is 1.65. The summed E-state index contributed by atoms with van der Waals surface area (Å²) in [5, 5.41) is 36.7. The summed E-state index contributed by atoms with van der Waals surface area (Å²) in [6, 6.07) is 0. The summed E-state index contributed by atoms with van der Waals surface area (Å²) in [4.78, 5) is 16.8. The number of rotatable bonds is 4. The zero-order valence-corrected chi connectivity index (χ0v) is 8.90. The quantitative estimate of drug-likeness (QED) is 0.288. The van der Waals surface area contributed by atoms with Crippen LogP contribution >= 0.6 is 7.82 Å². The Morgan fingerprint density at radius 3 is 2.31 bits per heavy atom. The molecule has 9 nitrogen and oxygen atoms in total. The Labute approximate surface area is 90.1 Å². The van der Waals surface area contributed by atoms with Gasteiger partial charge in [-0.05, 0) is 0 Å². The highest BCUT2D eigenvalue weighted by molar-refractivity contribution is 7.46. The Morgan fingerprint density at radius 2 is 1.94 bits per heavy atom. The number of aliphatic hydroxyl groups excluding tert-OH is 3.